The Labute approximate surface area is 113 Å². The van der Waals surface area contributed by atoms with Gasteiger partial charge in [0.15, 0.2) is 0 Å². The molecule has 1 aliphatic heterocycles. The van der Waals surface area contributed by atoms with Gasteiger partial charge in [0.05, 0.1) is 0 Å². The van der Waals surface area contributed by atoms with Gasteiger partial charge >= 0.3 is 12.0 Å². The second-order valence-electron chi connectivity index (χ2n) is 4.62. The van der Waals surface area contributed by atoms with E-state index in [1.54, 1.807) is 11.9 Å². The first kappa shape index (κ1) is 15.1. The van der Waals surface area contributed by atoms with Gasteiger partial charge in [-0.2, -0.15) is 11.8 Å². The molecule has 0 spiro atoms. The number of thioether (sulfide) groups is 1. The summed E-state index contributed by atoms with van der Waals surface area (Å²) in [4.78, 5) is 26.0. The Morgan fingerprint density at radius 1 is 1.39 bits per heavy atom. The molecule has 18 heavy (non-hydrogen) atoms. The zero-order chi connectivity index (χ0) is 13.5. The molecule has 1 rings (SSSR count). The Balaban J connectivity index is 2.28. The monoisotopic (exact) mass is 274 g/mol. The molecule has 0 aromatic rings. The summed E-state index contributed by atoms with van der Waals surface area (Å²) in [5.41, 5.74) is 0. The van der Waals surface area contributed by atoms with Crippen LogP contribution in [-0.2, 0) is 4.79 Å². The Hall–Kier alpha value is -0.910. The van der Waals surface area contributed by atoms with Gasteiger partial charge in [0, 0.05) is 38.4 Å². The van der Waals surface area contributed by atoms with Crippen molar-refractivity contribution >= 4 is 23.8 Å². The molecule has 0 aliphatic carbocycles. The van der Waals surface area contributed by atoms with E-state index in [9.17, 15) is 9.59 Å². The molecular formula is C12H22N2O3S. The maximum Gasteiger partial charge on any atom is 0.319 e. The van der Waals surface area contributed by atoms with E-state index >= 15 is 0 Å². The summed E-state index contributed by atoms with van der Waals surface area (Å²) in [6.07, 6.45) is 4.84. The molecule has 0 atom stereocenters. The highest BCUT2D eigenvalue weighted by atomic mass is 32.2. The van der Waals surface area contributed by atoms with Gasteiger partial charge in [-0.1, -0.05) is 0 Å². The number of carbonyl (C=O) groups is 2. The molecule has 0 aromatic carbocycles. The predicted octanol–water partition coefficient (Wildman–Crippen LogP) is 1.73. The number of carboxylic acid groups (broad SMARTS) is 1. The van der Waals surface area contributed by atoms with Crippen molar-refractivity contribution in [2.75, 3.05) is 32.9 Å². The van der Waals surface area contributed by atoms with Crippen LogP contribution in [0.3, 0.4) is 0 Å². The molecule has 0 unspecified atom stereocenters. The number of carbonyl (C=O) groups excluding carboxylic acids is 1. The average molecular weight is 274 g/mol. The van der Waals surface area contributed by atoms with Crippen LogP contribution < -0.4 is 0 Å². The van der Waals surface area contributed by atoms with Crippen molar-refractivity contribution in [3.63, 3.8) is 0 Å². The maximum absolute atomic E-state index is 12.1. The van der Waals surface area contributed by atoms with Crippen LogP contribution in [0, 0.1) is 0 Å². The molecule has 0 saturated carbocycles. The van der Waals surface area contributed by atoms with Gasteiger partial charge in [0.25, 0.3) is 0 Å². The molecule has 0 aromatic heterocycles. The number of urea groups is 1. The summed E-state index contributed by atoms with van der Waals surface area (Å²) in [5.74, 6) is -0.809. The number of rotatable bonds is 5. The fourth-order valence-corrected chi connectivity index (χ4v) is 2.77. The molecule has 5 nitrogen and oxygen atoms in total. The first-order valence-electron chi connectivity index (χ1n) is 6.29. The number of carboxylic acids is 1. The van der Waals surface area contributed by atoms with E-state index in [-0.39, 0.29) is 12.5 Å². The SMILES string of the molecule is CSC1CCN(C(=O)N(C)CCCC(=O)O)CC1. The summed E-state index contributed by atoms with van der Waals surface area (Å²) < 4.78 is 0. The number of hydrogen-bond acceptors (Lipinski definition) is 3. The Morgan fingerprint density at radius 2 is 2.00 bits per heavy atom. The Bertz CT molecular complexity index is 291. The quantitative estimate of drug-likeness (QED) is 0.829. The van der Waals surface area contributed by atoms with Crippen molar-refractivity contribution in [2.45, 2.75) is 30.9 Å². The van der Waals surface area contributed by atoms with Crippen LogP contribution in [-0.4, -0.2) is 65.1 Å². The van der Waals surface area contributed by atoms with Crippen molar-refractivity contribution in [2.24, 2.45) is 0 Å². The standard InChI is InChI=1S/C12H22N2O3S/c1-13(7-3-4-11(15)16)12(17)14-8-5-10(18-2)6-9-14/h10H,3-9H2,1-2H3,(H,15,16). The summed E-state index contributed by atoms with van der Waals surface area (Å²) in [6.45, 7) is 2.13. The highest BCUT2D eigenvalue weighted by molar-refractivity contribution is 7.99. The van der Waals surface area contributed by atoms with E-state index in [1.807, 2.05) is 16.7 Å². The fourth-order valence-electron chi connectivity index (χ4n) is 2.09. The van der Waals surface area contributed by atoms with Crippen LogP contribution in [0.4, 0.5) is 4.79 Å². The number of likely N-dealkylation sites (tertiary alicyclic amines) is 1. The highest BCUT2D eigenvalue weighted by Crippen LogP contribution is 2.21. The van der Waals surface area contributed by atoms with Gasteiger partial charge in [0.1, 0.15) is 0 Å². The topological polar surface area (TPSA) is 60.9 Å². The lowest BCUT2D eigenvalue weighted by Crippen LogP contribution is -2.46. The molecule has 0 bridgehead atoms. The second-order valence-corrected chi connectivity index (χ2v) is 5.76. The van der Waals surface area contributed by atoms with E-state index in [0.717, 1.165) is 25.9 Å². The smallest absolute Gasteiger partial charge is 0.319 e. The molecule has 104 valence electrons. The lowest BCUT2D eigenvalue weighted by atomic mass is 10.1. The molecule has 2 amide bonds. The van der Waals surface area contributed by atoms with Gasteiger partial charge < -0.3 is 14.9 Å². The number of nitrogens with zero attached hydrogens (tertiary/aromatic N) is 2. The Kier molecular flexibility index (Phi) is 6.32. The van der Waals surface area contributed by atoms with E-state index in [1.165, 1.54) is 0 Å². The van der Waals surface area contributed by atoms with Crippen LogP contribution in [0.25, 0.3) is 0 Å². The largest absolute Gasteiger partial charge is 0.481 e. The average Bonchev–Trinajstić information content (AvgIpc) is 2.37. The van der Waals surface area contributed by atoms with Crippen molar-refractivity contribution in [3.05, 3.63) is 0 Å². The minimum atomic E-state index is -0.809. The molecular weight excluding hydrogens is 252 g/mol. The lowest BCUT2D eigenvalue weighted by Gasteiger charge is -2.34. The molecule has 1 aliphatic rings. The highest BCUT2D eigenvalue weighted by Gasteiger charge is 2.24. The number of aliphatic carboxylic acids is 1. The molecule has 1 heterocycles. The zero-order valence-corrected chi connectivity index (χ0v) is 11.9. The Morgan fingerprint density at radius 3 is 2.50 bits per heavy atom. The van der Waals surface area contributed by atoms with Crippen molar-refractivity contribution in [1.29, 1.82) is 0 Å². The van der Waals surface area contributed by atoms with Crippen molar-refractivity contribution in [1.82, 2.24) is 9.80 Å². The van der Waals surface area contributed by atoms with Crippen LogP contribution >= 0.6 is 11.8 Å². The van der Waals surface area contributed by atoms with Gasteiger partial charge in [-0.25, -0.2) is 4.79 Å². The van der Waals surface area contributed by atoms with E-state index < -0.39 is 5.97 Å². The van der Waals surface area contributed by atoms with Crippen LogP contribution in [0.2, 0.25) is 0 Å². The number of piperidine rings is 1. The van der Waals surface area contributed by atoms with Gasteiger partial charge in [-0.15, -0.1) is 0 Å². The molecule has 6 heteroatoms. The number of hydrogen-bond donors (Lipinski definition) is 1. The normalized spacial score (nSPS) is 16.7. The first-order valence-corrected chi connectivity index (χ1v) is 7.58. The lowest BCUT2D eigenvalue weighted by molar-refractivity contribution is -0.137. The maximum atomic E-state index is 12.1. The van der Waals surface area contributed by atoms with Crippen LogP contribution in [0.5, 0.6) is 0 Å². The van der Waals surface area contributed by atoms with E-state index in [0.29, 0.717) is 18.2 Å². The van der Waals surface area contributed by atoms with Gasteiger partial charge in [-0.3, -0.25) is 4.79 Å². The third kappa shape index (κ3) is 4.76. The van der Waals surface area contributed by atoms with Gasteiger partial charge in [0.2, 0.25) is 0 Å². The van der Waals surface area contributed by atoms with Gasteiger partial charge in [-0.05, 0) is 25.5 Å². The van der Waals surface area contributed by atoms with Crippen LogP contribution in [0.1, 0.15) is 25.7 Å². The third-order valence-electron chi connectivity index (χ3n) is 3.26. The second kappa shape index (κ2) is 7.51. The first-order chi connectivity index (χ1) is 8.54. The summed E-state index contributed by atoms with van der Waals surface area (Å²) in [5, 5.41) is 9.23. The minimum Gasteiger partial charge on any atom is -0.481 e. The summed E-state index contributed by atoms with van der Waals surface area (Å²) >= 11 is 1.87. The molecule has 1 N–H and O–H groups in total. The molecule has 1 fully saturated rings. The predicted molar refractivity (Wildman–Crippen MR) is 73.0 cm³/mol. The van der Waals surface area contributed by atoms with E-state index in [4.69, 9.17) is 5.11 Å². The molecule has 1 saturated heterocycles. The van der Waals surface area contributed by atoms with Crippen molar-refractivity contribution < 1.29 is 14.7 Å². The van der Waals surface area contributed by atoms with E-state index in [2.05, 4.69) is 6.26 Å². The minimum absolute atomic E-state index is 0.0277. The molecule has 0 radical (unpaired) electrons. The fraction of sp³-hybridized carbons (Fsp3) is 0.833. The van der Waals surface area contributed by atoms with Crippen molar-refractivity contribution in [3.8, 4) is 0 Å². The summed E-state index contributed by atoms with van der Waals surface area (Å²) in [6, 6.07) is 0.0277. The number of amides is 2. The zero-order valence-electron chi connectivity index (χ0n) is 11.1. The van der Waals surface area contributed by atoms with Crippen LogP contribution in [0.15, 0.2) is 0 Å². The third-order valence-corrected chi connectivity index (χ3v) is 4.39. The summed E-state index contributed by atoms with van der Waals surface area (Å²) in [7, 11) is 1.74.